The normalized spacial score (nSPS) is 14.2. The summed E-state index contributed by atoms with van der Waals surface area (Å²) < 4.78 is 13.6. The number of hydrogen-bond acceptors (Lipinski definition) is 8. The minimum absolute atomic E-state index is 0.411. The van der Waals surface area contributed by atoms with Gasteiger partial charge in [-0.25, -0.2) is 0 Å². The van der Waals surface area contributed by atoms with Crippen LogP contribution in [0.5, 0.6) is 5.75 Å². The standard InChI is InChI=1S/C26H30N6O2S/c1-18-11-13-19(14-12-18)25-30-29-24(34-25)17-35-26-31-28-23(32(26)21-8-4-3-5-9-21)16-27-20-7-6-10-22(15-20)33-2/h6-7,10-15,21,27H,3-5,8-9,16-17H2,1-2H3. The molecular weight excluding hydrogens is 460 g/mol. The fourth-order valence-corrected chi connectivity index (χ4v) is 5.26. The molecule has 0 atom stereocenters. The lowest BCUT2D eigenvalue weighted by Crippen LogP contribution is -2.18. The van der Waals surface area contributed by atoms with Crippen LogP contribution < -0.4 is 10.1 Å². The Morgan fingerprint density at radius 2 is 1.86 bits per heavy atom. The van der Waals surface area contributed by atoms with E-state index in [1.54, 1.807) is 18.9 Å². The zero-order chi connectivity index (χ0) is 24.0. The minimum Gasteiger partial charge on any atom is -0.497 e. The Kier molecular flexibility index (Phi) is 7.32. The molecule has 0 unspecified atom stereocenters. The summed E-state index contributed by atoms with van der Waals surface area (Å²) in [6.45, 7) is 2.65. The van der Waals surface area contributed by atoms with Crippen LogP contribution in [0.25, 0.3) is 11.5 Å². The van der Waals surface area contributed by atoms with Crippen molar-refractivity contribution in [3.8, 4) is 17.2 Å². The highest BCUT2D eigenvalue weighted by atomic mass is 32.2. The molecule has 1 aliphatic rings. The van der Waals surface area contributed by atoms with Crippen molar-refractivity contribution in [1.29, 1.82) is 0 Å². The minimum atomic E-state index is 0.411. The third-order valence-electron chi connectivity index (χ3n) is 6.29. The van der Waals surface area contributed by atoms with E-state index in [0.717, 1.165) is 40.8 Å². The Labute approximate surface area is 209 Å². The number of rotatable bonds is 9. The van der Waals surface area contributed by atoms with Gasteiger partial charge in [0.25, 0.3) is 0 Å². The van der Waals surface area contributed by atoms with Crippen molar-refractivity contribution >= 4 is 17.4 Å². The highest BCUT2D eigenvalue weighted by molar-refractivity contribution is 7.98. The number of ether oxygens (including phenoxy) is 1. The number of nitrogens with one attached hydrogen (secondary N) is 1. The molecule has 182 valence electrons. The molecular formula is C26H30N6O2S. The number of methoxy groups -OCH3 is 1. The Morgan fingerprint density at radius 1 is 1.03 bits per heavy atom. The van der Waals surface area contributed by atoms with Gasteiger partial charge in [-0.2, -0.15) is 0 Å². The molecule has 1 aliphatic carbocycles. The van der Waals surface area contributed by atoms with Gasteiger partial charge in [0.15, 0.2) is 11.0 Å². The molecule has 0 bridgehead atoms. The van der Waals surface area contributed by atoms with Crippen molar-refractivity contribution in [2.75, 3.05) is 12.4 Å². The summed E-state index contributed by atoms with van der Waals surface area (Å²) in [6, 6.07) is 16.4. The van der Waals surface area contributed by atoms with Crippen LogP contribution in [0.1, 0.15) is 55.4 Å². The predicted molar refractivity (Wildman–Crippen MR) is 136 cm³/mol. The monoisotopic (exact) mass is 490 g/mol. The molecule has 1 saturated carbocycles. The molecule has 1 fully saturated rings. The van der Waals surface area contributed by atoms with E-state index < -0.39 is 0 Å². The zero-order valence-corrected chi connectivity index (χ0v) is 20.9. The molecule has 0 saturated heterocycles. The lowest BCUT2D eigenvalue weighted by atomic mass is 9.95. The van der Waals surface area contributed by atoms with Gasteiger partial charge in [0.2, 0.25) is 11.8 Å². The van der Waals surface area contributed by atoms with Crippen molar-refractivity contribution in [3.05, 3.63) is 65.8 Å². The molecule has 0 spiro atoms. The van der Waals surface area contributed by atoms with Gasteiger partial charge in [-0.15, -0.1) is 20.4 Å². The molecule has 1 N–H and O–H groups in total. The fourth-order valence-electron chi connectivity index (χ4n) is 4.40. The number of anilines is 1. The highest BCUT2D eigenvalue weighted by Gasteiger charge is 2.23. The van der Waals surface area contributed by atoms with Crippen molar-refractivity contribution in [1.82, 2.24) is 25.0 Å². The van der Waals surface area contributed by atoms with Gasteiger partial charge in [-0.3, -0.25) is 0 Å². The van der Waals surface area contributed by atoms with E-state index in [-0.39, 0.29) is 0 Å². The first kappa shape index (κ1) is 23.4. The highest BCUT2D eigenvalue weighted by Crippen LogP contribution is 2.34. The van der Waals surface area contributed by atoms with E-state index in [9.17, 15) is 0 Å². The van der Waals surface area contributed by atoms with Crippen molar-refractivity contribution in [2.24, 2.45) is 0 Å². The molecule has 8 nitrogen and oxygen atoms in total. The summed E-state index contributed by atoms with van der Waals surface area (Å²) in [5, 5.41) is 22.0. The lowest BCUT2D eigenvalue weighted by molar-refractivity contribution is 0.330. The molecule has 35 heavy (non-hydrogen) atoms. The predicted octanol–water partition coefficient (Wildman–Crippen LogP) is 6.05. The van der Waals surface area contributed by atoms with Gasteiger partial charge in [0, 0.05) is 23.4 Å². The van der Waals surface area contributed by atoms with Crippen molar-refractivity contribution in [2.45, 2.75) is 62.5 Å². The van der Waals surface area contributed by atoms with Gasteiger partial charge in [-0.1, -0.05) is 54.8 Å². The second kappa shape index (κ2) is 10.9. The number of thioether (sulfide) groups is 1. The van der Waals surface area contributed by atoms with Crippen LogP contribution >= 0.6 is 11.8 Å². The van der Waals surface area contributed by atoms with Gasteiger partial charge >= 0.3 is 0 Å². The summed E-state index contributed by atoms with van der Waals surface area (Å²) >= 11 is 1.60. The van der Waals surface area contributed by atoms with Gasteiger partial charge in [0.1, 0.15) is 5.75 Å². The Hall–Kier alpha value is -3.33. The first-order chi connectivity index (χ1) is 17.2. The molecule has 2 aromatic carbocycles. The first-order valence-corrected chi connectivity index (χ1v) is 13.0. The number of aromatic nitrogens is 5. The van der Waals surface area contributed by atoms with Crippen LogP contribution in [-0.2, 0) is 12.3 Å². The summed E-state index contributed by atoms with van der Waals surface area (Å²) in [6.07, 6.45) is 6.06. The molecule has 5 rings (SSSR count). The molecule has 0 amide bonds. The molecule has 0 radical (unpaired) electrons. The lowest BCUT2D eigenvalue weighted by Gasteiger charge is -2.25. The summed E-state index contributed by atoms with van der Waals surface area (Å²) in [5.41, 5.74) is 3.12. The smallest absolute Gasteiger partial charge is 0.247 e. The van der Waals surface area contributed by atoms with Crippen LogP contribution in [-0.4, -0.2) is 32.1 Å². The van der Waals surface area contributed by atoms with Gasteiger partial charge < -0.3 is 19.0 Å². The van der Waals surface area contributed by atoms with Crippen LogP contribution in [0, 0.1) is 6.92 Å². The number of nitrogens with zero attached hydrogens (tertiary/aromatic N) is 5. The third kappa shape index (κ3) is 5.67. The topological polar surface area (TPSA) is 90.9 Å². The van der Waals surface area contributed by atoms with Crippen LogP contribution in [0.3, 0.4) is 0 Å². The van der Waals surface area contributed by atoms with E-state index in [1.807, 2.05) is 48.5 Å². The van der Waals surface area contributed by atoms with Crippen LogP contribution in [0.4, 0.5) is 5.69 Å². The summed E-state index contributed by atoms with van der Waals surface area (Å²) in [7, 11) is 1.68. The second-order valence-corrected chi connectivity index (χ2v) is 9.74. The molecule has 9 heteroatoms. The first-order valence-electron chi connectivity index (χ1n) is 12.0. The quantitative estimate of drug-likeness (QED) is 0.283. The van der Waals surface area contributed by atoms with E-state index in [0.29, 0.717) is 30.1 Å². The Balaban J connectivity index is 1.31. The Bertz CT molecular complexity index is 1250. The maximum atomic E-state index is 5.93. The largest absolute Gasteiger partial charge is 0.497 e. The number of benzene rings is 2. The van der Waals surface area contributed by atoms with E-state index in [4.69, 9.17) is 9.15 Å². The van der Waals surface area contributed by atoms with E-state index in [2.05, 4.69) is 37.2 Å². The molecule has 4 aromatic rings. The van der Waals surface area contributed by atoms with Crippen molar-refractivity contribution < 1.29 is 9.15 Å². The third-order valence-corrected chi connectivity index (χ3v) is 7.21. The van der Waals surface area contributed by atoms with Gasteiger partial charge in [-0.05, 0) is 44.0 Å². The maximum absolute atomic E-state index is 5.93. The number of hydrogen-bond donors (Lipinski definition) is 1. The average molecular weight is 491 g/mol. The van der Waals surface area contributed by atoms with E-state index >= 15 is 0 Å². The maximum Gasteiger partial charge on any atom is 0.247 e. The molecule has 0 aliphatic heterocycles. The van der Waals surface area contributed by atoms with Crippen LogP contribution in [0.15, 0.2) is 58.1 Å². The zero-order valence-electron chi connectivity index (χ0n) is 20.1. The van der Waals surface area contributed by atoms with Crippen LogP contribution in [0.2, 0.25) is 0 Å². The summed E-state index contributed by atoms with van der Waals surface area (Å²) in [4.78, 5) is 0. The fraction of sp³-hybridized carbons (Fsp3) is 0.385. The average Bonchev–Trinajstić information content (AvgIpc) is 3.54. The van der Waals surface area contributed by atoms with Crippen molar-refractivity contribution in [3.63, 3.8) is 0 Å². The number of aryl methyl sites for hydroxylation is 1. The van der Waals surface area contributed by atoms with Gasteiger partial charge in [0.05, 0.1) is 19.4 Å². The van der Waals surface area contributed by atoms with E-state index in [1.165, 1.54) is 24.8 Å². The molecule has 2 heterocycles. The summed E-state index contributed by atoms with van der Waals surface area (Å²) in [5.74, 6) is 3.43. The second-order valence-electron chi connectivity index (χ2n) is 8.80. The molecule has 2 aromatic heterocycles. The SMILES string of the molecule is COc1cccc(NCc2nnc(SCc3nnc(-c4ccc(C)cc4)o3)n2C2CCCCC2)c1. The Morgan fingerprint density at radius 3 is 2.66 bits per heavy atom.